The van der Waals surface area contributed by atoms with Crippen LogP contribution in [0.4, 0.5) is 0 Å². The number of carbonyl (C=O) groups excluding carboxylic acids is 3. The van der Waals surface area contributed by atoms with Crippen LogP contribution in [0.1, 0.15) is 75.7 Å². The summed E-state index contributed by atoms with van der Waals surface area (Å²) in [5, 5.41) is 13.5. The van der Waals surface area contributed by atoms with E-state index >= 15 is 0 Å². The summed E-state index contributed by atoms with van der Waals surface area (Å²) in [5.41, 5.74) is 7.76. The van der Waals surface area contributed by atoms with E-state index in [0.717, 1.165) is 48.2 Å². The van der Waals surface area contributed by atoms with Crippen molar-refractivity contribution in [1.82, 2.24) is 10.2 Å². The molecule has 4 N–H and O–H groups in total. The Balaban J connectivity index is 1.56. The van der Waals surface area contributed by atoms with Crippen molar-refractivity contribution >= 4 is 30.4 Å². The maximum absolute atomic E-state index is 12.9. The van der Waals surface area contributed by atoms with Gasteiger partial charge < -0.3 is 25.8 Å². The number of Topliss-reactive ketones (excluding diaryl/α,β-unsaturated/α-hetero) is 1. The smallest absolute Gasteiger partial charge is 0.251 e. The van der Waals surface area contributed by atoms with E-state index in [0.29, 0.717) is 40.5 Å². The number of aliphatic hydroxyl groups is 1. The van der Waals surface area contributed by atoms with Crippen molar-refractivity contribution in [3.63, 3.8) is 0 Å². The van der Waals surface area contributed by atoms with Crippen molar-refractivity contribution in [2.45, 2.75) is 46.0 Å². The van der Waals surface area contributed by atoms with Crippen LogP contribution in [0.2, 0.25) is 0 Å². The molecule has 0 spiro atoms. The summed E-state index contributed by atoms with van der Waals surface area (Å²) < 4.78 is 5.81. The summed E-state index contributed by atoms with van der Waals surface area (Å²) in [5.74, 6) is 0.985. The van der Waals surface area contributed by atoms with Crippen molar-refractivity contribution < 1.29 is 24.2 Å². The second-order valence-corrected chi connectivity index (χ2v) is 10.8. The largest absolute Gasteiger partial charge is 0.457 e. The highest BCUT2D eigenvalue weighted by Crippen LogP contribution is 2.23. The summed E-state index contributed by atoms with van der Waals surface area (Å²) in [6, 6.07) is 17.3. The first-order valence-corrected chi connectivity index (χ1v) is 14.7. The van der Waals surface area contributed by atoms with Crippen molar-refractivity contribution in [2.24, 2.45) is 11.7 Å². The summed E-state index contributed by atoms with van der Waals surface area (Å²) in [6.45, 7) is 9.17. The molecule has 0 aliphatic heterocycles. The Kier molecular flexibility index (Phi) is 12.5. The molecule has 0 radical (unpaired) electrons. The zero-order valence-electron chi connectivity index (χ0n) is 25.4. The summed E-state index contributed by atoms with van der Waals surface area (Å²) in [7, 11) is 2.03. The maximum Gasteiger partial charge on any atom is 0.251 e. The predicted molar refractivity (Wildman–Crippen MR) is 171 cm³/mol. The molecule has 0 fully saturated rings. The molecule has 0 aromatic heterocycles. The maximum atomic E-state index is 12.9. The van der Waals surface area contributed by atoms with Crippen LogP contribution in [-0.4, -0.2) is 54.3 Å². The molecule has 0 aliphatic carbocycles. The van der Waals surface area contributed by atoms with Crippen LogP contribution in [0.15, 0.2) is 60.7 Å². The lowest BCUT2D eigenvalue weighted by Gasteiger charge is -2.23. The van der Waals surface area contributed by atoms with E-state index in [-0.39, 0.29) is 24.8 Å². The summed E-state index contributed by atoms with van der Waals surface area (Å²) in [6.07, 6.45) is 6.35. The quantitative estimate of drug-likeness (QED) is 0.217. The molecule has 8 nitrogen and oxygen atoms in total. The molecule has 0 bridgehead atoms. The zero-order valence-corrected chi connectivity index (χ0v) is 25.4. The van der Waals surface area contributed by atoms with Gasteiger partial charge in [-0.2, -0.15) is 0 Å². The molecule has 0 heterocycles. The Morgan fingerprint density at radius 3 is 2.21 bits per heavy atom. The van der Waals surface area contributed by atoms with Crippen LogP contribution in [-0.2, 0) is 0 Å². The van der Waals surface area contributed by atoms with E-state index in [2.05, 4.69) is 23.7 Å². The van der Waals surface area contributed by atoms with Crippen molar-refractivity contribution in [1.29, 1.82) is 0 Å². The molecule has 3 rings (SSSR count). The summed E-state index contributed by atoms with van der Waals surface area (Å²) >= 11 is 0. The monoisotopic (exact) mass is 585 g/mol. The number of nitrogens with one attached hydrogen (secondary N) is 1. The second-order valence-electron chi connectivity index (χ2n) is 10.8. The minimum atomic E-state index is -0.493. The first-order chi connectivity index (χ1) is 20.6. The van der Waals surface area contributed by atoms with Gasteiger partial charge in [0.2, 0.25) is 5.91 Å². The van der Waals surface area contributed by atoms with Crippen molar-refractivity contribution in [2.75, 3.05) is 26.7 Å². The molecule has 3 aromatic rings. The van der Waals surface area contributed by atoms with Gasteiger partial charge in [-0.15, -0.1) is 0 Å². The average molecular weight is 586 g/mol. The van der Waals surface area contributed by atoms with Crippen molar-refractivity contribution in [3.05, 3.63) is 93.4 Å². The van der Waals surface area contributed by atoms with Crippen LogP contribution in [0.25, 0.3) is 12.8 Å². The van der Waals surface area contributed by atoms with Crippen LogP contribution >= 0.6 is 0 Å². The molecule has 2 amide bonds. The van der Waals surface area contributed by atoms with E-state index in [4.69, 9.17) is 15.6 Å². The van der Waals surface area contributed by atoms with Crippen LogP contribution in [0.3, 0.4) is 0 Å². The third kappa shape index (κ3) is 9.82. The zero-order chi connectivity index (χ0) is 31.4. The highest BCUT2D eigenvalue weighted by Gasteiger charge is 2.14. The van der Waals surface area contributed by atoms with Gasteiger partial charge in [-0.3, -0.25) is 14.4 Å². The molecule has 0 saturated heterocycles. The molecule has 0 saturated carbocycles. The number of carbonyl (C=O) groups is 3. The fourth-order valence-electron chi connectivity index (χ4n) is 5.12. The Bertz CT molecular complexity index is 1500. The van der Waals surface area contributed by atoms with Gasteiger partial charge in [-0.1, -0.05) is 26.0 Å². The molecule has 43 heavy (non-hydrogen) atoms. The van der Waals surface area contributed by atoms with Gasteiger partial charge in [0.1, 0.15) is 11.5 Å². The molecule has 1 atom stereocenters. The lowest BCUT2D eigenvalue weighted by Crippen LogP contribution is -2.35. The van der Waals surface area contributed by atoms with Gasteiger partial charge in [0.05, 0.1) is 6.61 Å². The number of rotatable bonds is 16. The molecular weight excluding hydrogens is 542 g/mol. The lowest BCUT2D eigenvalue weighted by atomic mass is 9.94. The molecule has 228 valence electrons. The molecule has 1 unspecified atom stereocenters. The number of primary amides is 1. The van der Waals surface area contributed by atoms with Crippen LogP contribution < -0.4 is 26.2 Å². The number of amides is 2. The number of nitrogens with zero attached hydrogens (tertiary/aromatic N) is 1. The minimum absolute atomic E-state index is 0.0983. The van der Waals surface area contributed by atoms with Crippen LogP contribution in [0, 0.1) is 12.8 Å². The van der Waals surface area contributed by atoms with E-state index in [9.17, 15) is 14.4 Å². The molecular formula is C35H43N3O5. The van der Waals surface area contributed by atoms with E-state index < -0.39 is 5.91 Å². The fourth-order valence-corrected chi connectivity index (χ4v) is 5.12. The van der Waals surface area contributed by atoms with Gasteiger partial charge in [-0.05, 0) is 97.5 Å². The van der Waals surface area contributed by atoms with Gasteiger partial charge in [-0.25, -0.2) is 0 Å². The van der Waals surface area contributed by atoms with Gasteiger partial charge in [0.25, 0.3) is 5.91 Å². The number of ether oxygens (including phenoxy) is 1. The topological polar surface area (TPSA) is 122 Å². The predicted octanol–water partition coefficient (Wildman–Crippen LogP) is 4.16. The third-order valence-corrected chi connectivity index (χ3v) is 7.41. The third-order valence-electron chi connectivity index (χ3n) is 7.41. The highest BCUT2D eigenvalue weighted by molar-refractivity contribution is 5.96. The number of benzene rings is 3. The van der Waals surface area contributed by atoms with E-state index in [1.54, 1.807) is 54.6 Å². The Morgan fingerprint density at radius 2 is 1.63 bits per heavy atom. The number of nitrogens with two attached hydrogens (primary N) is 1. The molecule has 3 aromatic carbocycles. The highest BCUT2D eigenvalue weighted by atomic mass is 16.5. The van der Waals surface area contributed by atoms with E-state index in [1.165, 1.54) is 0 Å². The Morgan fingerprint density at radius 1 is 1.00 bits per heavy atom. The SMILES string of the molecule is C=c1ccc(C(=O)NCCO)c(C)/c1=C/N(C)CC(CCC)CCCC(=O)c1ccc(Oc2ccc(C(N)=O)cc2)cc1. The second kappa shape index (κ2) is 16.3. The average Bonchev–Trinajstić information content (AvgIpc) is 2.98. The van der Waals surface area contributed by atoms with Gasteiger partial charge in [0, 0.05) is 54.7 Å². The number of aliphatic hydroxyl groups excluding tert-OH is 1. The van der Waals surface area contributed by atoms with Crippen molar-refractivity contribution in [3.8, 4) is 11.5 Å². The minimum Gasteiger partial charge on any atom is -0.457 e. The first-order valence-electron chi connectivity index (χ1n) is 14.7. The standard InChI is InChI=1S/C35H43N3O5/c1-5-7-26(22-38(4)23-32-24(2)10-19-31(25(32)3)35(42)37-20-21-39)8-6-9-33(40)27-11-15-29(16-12-27)43-30-17-13-28(14-18-30)34(36)41/h10-19,23,26,39H,2,5-9,20-22H2,1,3-4H3,(H2,36,41)(H,37,42)/b32-23+. The number of hydrogen-bond donors (Lipinski definition) is 3. The van der Waals surface area contributed by atoms with Gasteiger partial charge in [0.15, 0.2) is 5.78 Å². The number of hydrogen-bond acceptors (Lipinski definition) is 6. The molecule has 0 aliphatic rings. The van der Waals surface area contributed by atoms with Gasteiger partial charge >= 0.3 is 0 Å². The Hall–Kier alpha value is -4.43. The Labute approximate surface area is 253 Å². The van der Waals surface area contributed by atoms with Crippen LogP contribution in [0.5, 0.6) is 11.5 Å². The lowest BCUT2D eigenvalue weighted by molar-refractivity contribution is 0.0941. The van der Waals surface area contributed by atoms with E-state index in [1.807, 2.05) is 26.2 Å². The first kappa shape index (κ1) is 33.1. The summed E-state index contributed by atoms with van der Waals surface area (Å²) in [4.78, 5) is 38.8. The number of ketones is 1. The normalized spacial score (nSPS) is 12.0. The molecule has 8 heteroatoms. The fraction of sp³-hybridized carbons (Fsp3) is 0.343.